The number of carbonyl (C=O) groups excluding carboxylic acids is 2. The van der Waals surface area contributed by atoms with Gasteiger partial charge in [0.2, 0.25) is 0 Å². The van der Waals surface area contributed by atoms with E-state index >= 15 is 0 Å². The number of nitrogens with one attached hydrogen (secondary N) is 1. The molecule has 3 aromatic rings. The average Bonchev–Trinajstić information content (AvgIpc) is 2.84. The Morgan fingerprint density at radius 1 is 0.882 bits per heavy atom. The summed E-state index contributed by atoms with van der Waals surface area (Å²) in [6.45, 7) is 5.98. The lowest BCUT2D eigenvalue weighted by atomic mass is 9.86. The maximum atomic E-state index is 14.0. The van der Waals surface area contributed by atoms with Crippen molar-refractivity contribution in [1.82, 2.24) is 10.2 Å². The lowest BCUT2D eigenvalue weighted by Crippen LogP contribution is -2.62. The van der Waals surface area contributed by atoms with Crippen LogP contribution >= 0.6 is 12.6 Å². The molecule has 3 rings (SSSR count). The van der Waals surface area contributed by atoms with Gasteiger partial charge in [-0.15, -0.1) is 0 Å². The summed E-state index contributed by atoms with van der Waals surface area (Å²) in [6.07, 6.45) is 0. The number of thiol groups is 1. The maximum absolute atomic E-state index is 14.0. The van der Waals surface area contributed by atoms with Gasteiger partial charge in [-0.1, -0.05) is 60.7 Å². The van der Waals surface area contributed by atoms with Gasteiger partial charge in [0, 0.05) is 23.4 Å². The van der Waals surface area contributed by atoms with Crippen molar-refractivity contribution in [1.29, 1.82) is 0 Å². The number of carbonyl (C=O) groups is 2. The summed E-state index contributed by atoms with van der Waals surface area (Å²) in [5, 5.41) is 3.10. The van der Waals surface area contributed by atoms with Crippen molar-refractivity contribution in [3.8, 4) is 5.75 Å². The molecule has 1 unspecified atom stereocenters. The van der Waals surface area contributed by atoms with Crippen LogP contribution in [-0.2, 0) is 16.9 Å². The summed E-state index contributed by atoms with van der Waals surface area (Å²) in [5.74, 6) is 0.296. The van der Waals surface area contributed by atoms with Crippen LogP contribution < -0.4 is 10.1 Å². The fourth-order valence-corrected chi connectivity index (χ4v) is 4.34. The zero-order chi connectivity index (χ0) is 24.8. The summed E-state index contributed by atoms with van der Waals surface area (Å²) < 4.78 is 5.28. The largest absolute Gasteiger partial charge is 0.497 e. The summed E-state index contributed by atoms with van der Waals surface area (Å²) >= 11 is 4.67. The van der Waals surface area contributed by atoms with E-state index in [2.05, 4.69) is 17.9 Å². The molecule has 0 aliphatic carbocycles. The standard InChI is InChI=1S/C28H32N2O3S/c1-27(2,3)29-26(32)28(20-34,23-13-9-6-10-14-23)30(25(31)22-11-7-5-8-12-22)19-21-15-17-24(33-4)18-16-21/h5-18,34H,19-20H2,1-4H3,(H,29,32). The Labute approximate surface area is 207 Å². The first-order chi connectivity index (χ1) is 16.2. The molecule has 1 atom stereocenters. The van der Waals surface area contributed by atoms with E-state index in [1.54, 1.807) is 24.1 Å². The molecule has 34 heavy (non-hydrogen) atoms. The van der Waals surface area contributed by atoms with Crippen LogP contribution in [0.25, 0.3) is 0 Å². The molecule has 0 radical (unpaired) electrons. The smallest absolute Gasteiger partial charge is 0.255 e. The Hall–Kier alpha value is -3.25. The van der Waals surface area contributed by atoms with Gasteiger partial charge in [-0.25, -0.2) is 0 Å². The number of nitrogens with zero attached hydrogens (tertiary/aromatic N) is 1. The van der Waals surface area contributed by atoms with E-state index in [0.717, 1.165) is 11.3 Å². The second-order valence-corrected chi connectivity index (χ2v) is 9.51. The molecule has 0 bridgehead atoms. The van der Waals surface area contributed by atoms with E-state index in [1.165, 1.54) is 0 Å². The lowest BCUT2D eigenvalue weighted by Gasteiger charge is -2.44. The SMILES string of the molecule is COc1ccc(CN(C(=O)c2ccccc2)C(CS)(C(=O)NC(C)(C)C)c2ccccc2)cc1. The lowest BCUT2D eigenvalue weighted by molar-refractivity contribution is -0.133. The number of benzene rings is 3. The highest BCUT2D eigenvalue weighted by molar-refractivity contribution is 7.80. The molecule has 1 N–H and O–H groups in total. The molecule has 2 amide bonds. The Balaban J connectivity index is 2.20. The summed E-state index contributed by atoms with van der Waals surface area (Å²) in [5.41, 5.74) is 0.230. The van der Waals surface area contributed by atoms with Gasteiger partial charge in [0.05, 0.1) is 7.11 Å². The van der Waals surface area contributed by atoms with Crippen molar-refractivity contribution < 1.29 is 14.3 Å². The van der Waals surface area contributed by atoms with E-state index in [1.807, 2.05) is 93.6 Å². The molecule has 0 saturated carbocycles. The van der Waals surface area contributed by atoms with E-state index in [9.17, 15) is 9.59 Å². The summed E-state index contributed by atoms with van der Waals surface area (Å²) in [7, 11) is 1.61. The van der Waals surface area contributed by atoms with Gasteiger partial charge in [-0.3, -0.25) is 9.59 Å². The van der Waals surface area contributed by atoms with E-state index in [-0.39, 0.29) is 24.1 Å². The first-order valence-electron chi connectivity index (χ1n) is 11.2. The van der Waals surface area contributed by atoms with Crippen molar-refractivity contribution in [2.75, 3.05) is 12.9 Å². The van der Waals surface area contributed by atoms with Crippen molar-refractivity contribution in [2.24, 2.45) is 0 Å². The Morgan fingerprint density at radius 2 is 1.44 bits per heavy atom. The third-order valence-electron chi connectivity index (χ3n) is 5.57. The third-order valence-corrected chi connectivity index (χ3v) is 6.03. The molecule has 0 saturated heterocycles. The summed E-state index contributed by atoms with van der Waals surface area (Å²) in [4.78, 5) is 29.6. The van der Waals surface area contributed by atoms with Gasteiger partial charge in [-0.2, -0.15) is 12.6 Å². The van der Waals surface area contributed by atoms with Crippen molar-refractivity contribution in [3.05, 3.63) is 102 Å². The molecule has 6 heteroatoms. The molecule has 0 fully saturated rings. The van der Waals surface area contributed by atoms with Crippen molar-refractivity contribution in [3.63, 3.8) is 0 Å². The third kappa shape index (κ3) is 5.62. The monoisotopic (exact) mass is 476 g/mol. The zero-order valence-electron chi connectivity index (χ0n) is 20.1. The van der Waals surface area contributed by atoms with Crippen LogP contribution in [0.3, 0.4) is 0 Å². The molecule has 0 aliphatic heterocycles. The fraction of sp³-hybridized carbons (Fsp3) is 0.286. The number of amides is 2. The van der Waals surface area contributed by atoms with Crippen molar-refractivity contribution in [2.45, 2.75) is 38.4 Å². The first-order valence-corrected chi connectivity index (χ1v) is 11.8. The minimum Gasteiger partial charge on any atom is -0.497 e. The molecule has 0 aromatic heterocycles. The number of methoxy groups -OCH3 is 1. The van der Waals surface area contributed by atoms with Crippen LogP contribution in [0.5, 0.6) is 5.75 Å². The molecule has 3 aromatic carbocycles. The van der Waals surface area contributed by atoms with Gasteiger partial charge >= 0.3 is 0 Å². The topological polar surface area (TPSA) is 58.6 Å². The van der Waals surface area contributed by atoms with Crippen LogP contribution in [0.15, 0.2) is 84.9 Å². The molecular weight excluding hydrogens is 444 g/mol. The first kappa shape index (κ1) is 25.4. The van der Waals surface area contributed by atoms with E-state index in [4.69, 9.17) is 4.74 Å². The second kappa shape index (κ2) is 10.8. The van der Waals surface area contributed by atoms with Gasteiger partial charge in [-0.05, 0) is 56.2 Å². The van der Waals surface area contributed by atoms with Crippen LogP contribution in [-0.4, -0.2) is 35.1 Å². The van der Waals surface area contributed by atoms with Gasteiger partial charge in [0.15, 0.2) is 5.54 Å². The highest BCUT2D eigenvalue weighted by Gasteiger charge is 2.48. The highest BCUT2D eigenvalue weighted by atomic mass is 32.1. The van der Waals surface area contributed by atoms with Crippen LogP contribution in [0.2, 0.25) is 0 Å². The van der Waals surface area contributed by atoms with Gasteiger partial charge in [0.25, 0.3) is 11.8 Å². The molecule has 178 valence electrons. The number of ether oxygens (including phenoxy) is 1. The summed E-state index contributed by atoms with van der Waals surface area (Å²) in [6, 6.07) is 25.9. The van der Waals surface area contributed by atoms with Crippen LogP contribution in [0, 0.1) is 0 Å². The number of hydrogen-bond donors (Lipinski definition) is 2. The second-order valence-electron chi connectivity index (χ2n) is 9.19. The average molecular weight is 477 g/mol. The van der Waals surface area contributed by atoms with Crippen molar-refractivity contribution >= 4 is 24.4 Å². The van der Waals surface area contributed by atoms with E-state index in [0.29, 0.717) is 11.1 Å². The maximum Gasteiger partial charge on any atom is 0.255 e. The predicted octanol–water partition coefficient (Wildman–Crippen LogP) is 5.08. The Kier molecular flexibility index (Phi) is 8.05. The quantitative estimate of drug-likeness (QED) is 0.446. The predicted molar refractivity (Wildman–Crippen MR) is 139 cm³/mol. The Bertz CT molecular complexity index is 1100. The van der Waals surface area contributed by atoms with Crippen LogP contribution in [0.4, 0.5) is 0 Å². The van der Waals surface area contributed by atoms with Gasteiger partial charge < -0.3 is 15.0 Å². The highest BCUT2D eigenvalue weighted by Crippen LogP contribution is 2.34. The molecular formula is C28H32N2O3S. The molecule has 5 nitrogen and oxygen atoms in total. The number of hydrogen-bond acceptors (Lipinski definition) is 4. The van der Waals surface area contributed by atoms with Gasteiger partial charge in [0.1, 0.15) is 5.75 Å². The minimum absolute atomic E-state index is 0.105. The van der Waals surface area contributed by atoms with Crippen LogP contribution in [0.1, 0.15) is 42.3 Å². The molecule has 0 spiro atoms. The molecule has 0 aliphatic rings. The normalized spacial score (nSPS) is 13.0. The zero-order valence-corrected chi connectivity index (χ0v) is 21.0. The minimum atomic E-state index is -1.34. The van der Waals surface area contributed by atoms with E-state index < -0.39 is 11.1 Å². The fourth-order valence-electron chi connectivity index (χ4n) is 3.85. The number of rotatable bonds is 8. The molecule has 0 heterocycles. The Morgan fingerprint density at radius 3 is 1.94 bits per heavy atom.